The van der Waals surface area contributed by atoms with Gasteiger partial charge in [0.2, 0.25) is 5.16 Å². The van der Waals surface area contributed by atoms with E-state index >= 15 is 0 Å². The van der Waals surface area contributed by atoms with Gasteiger partial charge in [-0.05, 0) is 101 Å². The van der Waals surface area contributed by atoms with Crippen LogP contribution in [0.5, 0.6) is 11.5 Å². The number of aromatic hydroxyl groups is 2. The predicted octanol–water partition coefficient (Wildman–Crippen LogP) is 9.98. The molecule has 24 heteroatoms. The van der Waals surface area contributed by atoms with Crippen LogP contribution in [0.3, 0.4) is 0 Å². The average molecular weight is 1030 g/mol. The van der Waals surface area contributed by atoms with Crippen molar-refractivity contribution in [2.75, 3.05) is 23.7 Å². The summed E-state index contributed by atoms with van der Waals surface area (Å²) < 4.78 is 1.59. The van der Waals surface area contributed by atoms with Crippen LogP contribution in [0.15, 0.2) is 123 Å². The van der Waals surface area contributed by atoms with Gasteiger partial charge in [-0.1, -0.05) is 37.1 Å². The first-order chi connectivity index (χ1) is 33.9. The number of hydrogen-bond acceptors (Lipinski definition) is 23. The number of benzene rings is 2. The molecule has 11 aromatic rings. The molecule has 0 atom stereocenters. The zero-order chi connectivity index (χ0) is 47.2. The summed E-state index contributed by atoms with van der Waals surface area (Å²) in [5, 5.41) is 42.7. The molecule has 1 fully saturated rings. The van der Waals surface area contributed by atoms with Gasteiger partial charge in [0, 0.05) is 31.6 Å². The van der Waals surface area contributed by atoms with Crippen molar-refractivity contribution in [2.24, 2.45) is 7.05 Å². The van der Waals surface area contributed by atoms with Crippen LogP contribution in [0.1, 0.15) is 36.8 Å². The SMILES string of the molecule is Cn1nnnc1Sc1ncnc2scnc12.Oc1ccc(CCNc2ccnc3scnc23)cc1.Oc1ccc(CCNc2ncnc3sccc23)cc1.c1nc(SC2CCCC2)c2ncsc2n1. The topological polar surface area (TPSA) is 237 Å². The second-order valence-electron chi connectivity index (χ2n) is 15.0. The monoisotopic (exact) mass is 1030 g/mol. The molecular weight excluding hydrogens is 989 g/mol. The normalized spacial score (nSPS) is 12.3. The van der Waals surface area contributed by atoms with Gasteiger partial charge in [-0.3, -0.25) is 0 Å². The maximum absolute atomic E-state index is 9.23. The van der Waals surface area contributed by atoms with E-state index in [-0.39, 0.29) is 0 Å². The highest BCUT2D eigenvalue weighted by atomic mass is 32.2. The third-order valence-corrected chi connectivity index (χ3v) is 15.7. The Bertz CT molecular complexity index is 3220. The Morgan fingerprint density at radius 2 is 1.19 bits per heavy atom. The second-order valence-corrected chi connectivity index (χ2v) is 20.6. The van der Waals surface area contributed by atoms with Crippen LogP contribution in [-0.4, -0.2) is 98.6 Å². The summed E-state index contributed by atoms with van der Waals surface area (Å²) in [6, 6.07) is 18.5. The third-order valence-electron chi connectivity index (χ3n) is 10.4. The second kappa shape index (κ2) is 23.6. The highest BCUT2D eigenvalue weighted by Crippen LogP contribution is 2.36. The Morgan fingerprint density at radius 1 is 0.609 bits per heavy atom. The molecule has 0 radical (unpaired) electrons. The number of tetrazole rings is 1. The largest absolute Gasteiger partial charge is 0.508 e. The molecule has 0 bridgehead atoms. The van der Waals surface area contributed by atoms with Crippen LogP contribution >= 0.6 is 68.9 Å². The van der Waals surface area contributed by atoms with Crippen molar-refractivity contribution in [3.05, 3.63) is 119 Å². The molecule has 0 spiro atoms. The number of thiophene rings is 1. The van der Waals surface area contributed by atoms with Crippen LogP contribution in [0.4, 0.5) is 11.5 Å². The van der Waals surface area contributed by atoms with Crippen LogP contribution < -0.4 is 10.6 Å². The molecule has 4 N–H and O–H groups in total. The summed E-state index contributed by atoms with van der Waals surface area (Å²) in [7, 11) is 1.78. The molecule has 9 aromatic heterocycles. The van der Waals surface area contributed by atoms with E-state index in [9.17, 15) is 10.2 Å². The van der Waals surface area contributed by atoms with Gasteiger partial charge < -0.3 is 20.8 Å². The Morgan fingerprint density at radius 3 is 1.84 bits per heavy atom. The molecule has 2 aromatic carbocycles. The van der Waals surface area contributed by atoms with Crippen molar-refractivity contribution < 1.29 is 10.2 Å². The maximum Gasteiger partial charge on any atom is 0.215 e. The van der Waals surface area contributed by atoms with E-state index in [1.165, 1.54) is 66.2 Å². The van der Waals surface area contributed by atoms with Crippen LogP contribution in [0.25, 0.3) is 41.3 Å². The van der Waals surface area contributed by atoms with Gasteiger partial charge in [0.25, 0.3) is 0 Å². The van der Waals surface area contributed by atoms with Gasteiger partial charge in [0.15, 0.2) is 0 Å². The quantitative estimate of drug-likeness (QED) is 0.0833. The number of aromatic nitrogens is 14. The Hall–Kier alpha value is -6.57. The van der Waals surface area contributed by atoms with Crippen molar-refractivity contribution in [1.29, 1.82) is 0 Å². The summed E-state index contributed by atoms with van der Waals surface area (Å²) in [4.78, 5) is 46.3. The zero-order valence-corrected chi connectivity index (χ0v) is 41.6. The Kier molecular flexibility index (Phi) is 16.3. The van der Waals surface area contributed by atoms with Crippen molar-refractivity contribution in [2.45, 2.75) is 59.0 Å². The fourth-order valence-corrected chi connectivity index (χ4v) is 11.7. The maximum atomic E-state index is 9.23. The van der Waals surface area contributed by atoms with E-state index in [0.717, 1.165) is 94.0 Å². The van der Waals surface area contributed by atoms with Gasteiger partial charge in [0.1, 0.15) is 82.2 Å². The molecule has 0 amide bonds. The van der Waals surface area contributed by atoms with Crippen LogP contribution in [-0.2, 0) is 19.9 Å². The first-order valence-electron chi connectivity index (χ1n) is 21.5. The van der Waals surface area contributed by atoms with E-state index in [2.05, 4.69) is 76.0 Å². The van der Waals surface area contributed by atoms with Crippen molar-refractivity contribution >= 4 is 122 Å². The minimum absolute atomic E-state index is 0.299. The number of thioether (sulfide) groups is 1. The molecule has 9 heterocycles. The van der Waals surface area contributed by atoms with Gasteiger partial charge in [-0.15, -0.1) is 62.2 Å². The molecule has 0 unspecified atom stereocenters. The first-order valence-corrected chi connectivity index (χ1v) is 26.7. The number of rotatable bonds is 12. The lowest BCUT2D eigenvalue weighted by Gasteiger charge is -2.07. The molecule has 69 heavy (non-hydrogen) atoms. The number of nitrogens with one attached hydrogen (secondary N) is 2. The number of phenols is 2. The number of thiazole rings is 3. The molecule has 1 saturated carbocycles. The molecule has 12 rings (SSSR count). The number of phenolic OH excluding ortho intramolecular Hbond substituents is 2. The molecular formula is C45H42N16O2S6. The molecule has 350 valence electrons. The molecule has 18 nitrogen and oxygen atoms in total. The lowest BCUT2D eigenvalue weighted by atomic mass is 10.1. The minimum atomic E-state index is 0.299. The van der Waals surface area contributed by atoms with Gasteiger partial charge in [0.05, 0.1) is 27.6 Å². The minimum Gasteiger partial charge on any atom is -0.508 e. The molecule has 1 aliphatic carbocycles. The van der Waals surface area contributed by atoms with E-state index in [4.69, 9.17) is 0 Å². The number of aryl methyl sites for hydroxylation is 1. The highest BCUT2D eigenvalue weighted by Gasteiger charge is 2.19. The fraction of sp³-hybridized carbons (Fsp3) is 0.222. The summed E-state index contributed by atoms with van der Waals surface area (Å²) in [5.41, 5.74) is 11.5. The Balaban J connectivity index is 0.000000115. The zero-order valence-electron chi connectivity index (χ0n) is 36.7. The smallest absolute Gasteiger partial charge is 0.215 e. The number of fused-ring (bicyclic) bond motifs is 4. The van der Waals surface area contributed by atoms with Gasteiger partial charge in [-0.2, -0.15) is 0 Å². The van der Waals surface area contributed by atoms with E-state index in [1.807, 2.05) is 64.6 Å². The van der Waals surface area contributed by atoms with E-state index in [1.54, 1.807) is 94.4 Å². The summed E-state index contributed by atoms with van der Waals surface area (Å²) in [6.45, 7) is 1.62. The average Bonchev–Trinajstić information content (AvgIpc) is 4.24. The number of pyridine rings is 1. The van der Waals surface area contributed by atoms with Crippen molar-refractivity contribution in [3.63, 3.8) is 0 Å². The van der Waals surface area contributed by atoms with E-state index < -0.39 is 0 Å². The Labute approximate surface area is 419 Å². The summed E-state index contributed by atoms with van der Waals surface area (Å²) in [6.07, 6.45) is 13.7. The molecule has 1 aliphatic rings. The number of nitrogens with zero attached hydrogens (tertiary/aromatic N) is 14. The van der Waals surface area contributed by atoms with Gasteiger partial charge >= 0.3 is 0 Å². The van der Waals surface area contributed by atoms with Crippen molar-refractivity contribution in [3.8, 4) is 11.5 Å². The summed E-state index contributed by atoms with van der Waals surface area (Å²) in [5.74, 6) is 1.48. The van der Waals surface area contributed by atoms with Crippen LogP contribution in [0.2, 0.25) is 0 Å². The lowest BCUT2D eigenvalue weighted by Crippen LogP contribution is -2.06. The summed E-state index contributed by atoms with van der Waals surface area (Å²) >= 11 is 9.48. The van der Waals surface area contributed by atoms with E-state index in [0.29, 0.717) is 16.7 Å². The fourth-order valence-electron chi connectivity index (χ4n) is 6.91. The lowest BCUT2D eigenvalue weighted by molar-refractivity contribution is 0.474. The first kappa shape index (κ1) is 47.5. The van der Waals surface area contributed by atoms with Crippen molar-refractivity contribution in [1.82, 2.24) is 70.0 Å². The third kappa shape index (κ3) is 12.8. The van der Waals surface area contributed by atoms with Crippen LogP contribution in [0, 0.1) is 0 Å². The molecule has 0 saturated heterocycles. The standard InChI is InChI=1S/2C14H13N3OS.C10H11N3S2.C7H5N7S2/c18-11-3-1-10(2-4-11)5-7-15-12-6-8-16-14-13(12)17-9-19-14;18-11-3-1-10(2-4-11)5-7-15-13-12-6-8-19-14(12)17-9-16-13;1-2-4-7(3-1)15-10-8-9(11-5-12-10)14-6-13-8;1-14-7(11-12-13-14)16-6-4-5(8-2-9-6)15-3-10-4/h1-4,6,8-9,18H,5,7H2,(H,15,16);1-4,6,8-9,18H,5,7H2,(H,15,16,17);5-7H,1-4H2;2-3H,1H3. The highest BCUT2D eigenvalue weighted by molar-refractivity contribution is 8.00. The molecule has 0 aliphatic heterocycles. The van der Waals surface area contributed by atoms with Gasteiger partial charge in [-0.25, -0.2) is 54.5 Å². The predicted molar refractivity (Wildman–Crippen MR) is 277 cm³/mol. The number of hydrogen-bond donors (Lipinski definition) is 4. The number of anilines is 2.